The number of hydrogen-bond acceptors (Lipinski definition) is 6. The predicted octanol–water partition coefficient (Wildman–Crippen LogP) is 16.2. The van der Waals surface area contributed by atoms with Crippen LogP contribution < -0.4 is 10.2 Å². The van der Waals surface area contributed by atoms with Crippen LogP contribution in [-0.2, 0) is 18.4 Å². The van der Waals surface area contributed by atoms with E-state index in [0.29, 0.717) is 17.4 Å². The molecular formula is C56H111N2O6P. The largest absolute Gasteiger partial charge is 0.756 e. The van der Waals surface area contributed by atoms with E-state index in [0.717, 1.165) is 38.5 Å². The van der Waals surface area contributed by atoms with E-state index < -0.39 is 20.0 Å². The Balaban J connectivity index is 4.24. The second kappa shape index (κ2) is 48.0. The maximum Gasteiger partial charge on any atom is 0.268 e. The SMILES string of the molecule is CCCCCCCCCCCCCCCC/C=C/CC/C=C/C(O)C(COP(=O)([O-])OCC[N+](C)(C)C)NC(=O)CCCCCCCCCCCCCCCCCCCCCCCCC. The summed E-state index contributed by atoms with van der Waals surface area (Å²) in [5.41, 5.74) is 0. The van der Waals surface area contributed by atoms with E-state index in [4.69, 9.17) is 9.05 Å². The number of nitrogens with zero attached hydrogens (tertiary/aromatic N) is 1. The summed E-state index contributed by atoms with van der Waals surface area (Å²) in [7, 11) is 1.26. The Labute approximate surface area is 404 Å². The fourth-order valence-electron chi connectivity index (χ4n) is 8.47. The van der Waals surface area contributed by atoms with Crippen molar-refractivity contribution < 1.29 is 32.9 Å². The molecule has 1 amide bonds. The number of hydrogen-bond donors (Lipinski definition) is 2. The first kappa shape index (κ1) is 64.0. The van der Waals surface area contributed by atoms with Crippen molar-refractivity contribution in [1.29, 1.82) is 0 Å². The number of nitrogens with one attached hydrogen (secondary N) is 1. The van der Waals surface area contributed by atoms with Gasteiger partial charge >= 0.3 is 0 Å². The van der Waals surface area contributed by atoms with Crippen molar-refractivity contribution >= 4 is 13.7 Å². The smallest absolute Gasteiger partial charge is 0.268 e. The molecule has 0 bridgehead atoms. The van der Waals surface area contributed by atoms with Crippen LogP contribution in [0.15, 0.2) is 24.3 Å². The van der Waals surface area contributed by atoms with E-state index in [9.17, 15) is 19.4 Å². The molecule has 0 fully saturated rings. The van der Waals surface area contributed by atoms with Gasteiger partial charge < -0.3 is 28.8 Å². The Kier molecular flexibility index (Phi) is 47.3. The second-order valence-electron chi connectivity index (χ2n) is 20.6. The van der Waals surface area contributed by atoms with Gasteiger partial charge in [-0.1, -0.05) is 263 Å². The summed E-state index contributed by atoms with van der Waals surface area (Å²) in [6.45, 7) is 4.67. The van der Waals surface area contributed by atoms with Crippen LogP contribution in [0.1, 0.15) is 277 Å². The summed E-state index contributed by atoms with van der Waals surface area (Å²) >= 11 is 0. The number of aliphatic hydroxyl groups is 1. The lowest BCUT2D eigenvalue weighted by Gasteiger charge is -2.29. The topological polar surface area (TPSA) is 108 Å². The lowest BCUT2D eigenvalue weighted by Crippen LogP contribution is -2.45. The molecule has 0 rings (SSSR count). The van der Waals surface area contributed by atoms with Gasteiger partial charge in [0.05, 0.1) is 39.9 Å². The zero-order chi connectivity index (χ0) is 47.8. The second-order valence-corrected chi connectivity index (χ2v) is 22.1. The average Bonchev–Trinajstić information content (AvgIpc) is 3.26. The number of aliphatic hydroxyl groups excluding tert-OH is 1. The number of phosphoric acid groups is 1. The number of allylic oxidation sites excluding steroid dienone is 3. The van der Waals surface area contributed by atoms with Crippen molar-refractivity contribution in [3.63, 3.8) is 0 Å². The summed E-state index contributed by atoms with van der Waals surface area (Å²) < 4.78 is 23.3. The number of phosphoric ester groups is 1. The summed E-state index contributed by atoms with van der Waals surface area (Å²) in [6, 6.07) is -0.900. The Hall–Kier alpha value is -1.02. The van der Waals surface area contributed by atoms with Gasteiger partial charge in [-0.25, -0.2) is 0 Å². The molecule has 2 N–H and O–H groups in total. The van der Waals surface area contributed by atoms with Gasteiger partial charge in [0.25, 0.3) is 7.82 Å². The van der Waals surface area contributed by atoms with Crippen LogP contribution in [0, 0.1) is 0 Å². The molecule has 0 aromatic rings. The zero-order valence-electron chi connectivity index (χ0n) is 44.0. The molecule has 0 aromatic heterocycles. The maximum atomic E-state index is 12.9. The highest BCUT2D eigenvalue weighted by Gasteiger charge is 2.23. The van der Waals surface area contributed by atoms with Crippen LogP contribution >= 0.6 is 7.82 Å². The third-order valence-electron chi connectivity index (χ3n) is 12.9. The molecule has 3 unspecified atom stereocenters. The molecule has 0 heterocycles. The van der Waals surface area contributed by atoms with Crippen molar-refractivity contribution in [3.05, 3.63) is 24.3 Å². The molecular weight excluding hydrogens is 828 g/mol. The van der Waals surface area contributed by atoms with Crippen LogP contribution in [0.2, 0.25) is 0 Å². The van der Waals surface area contributed by atoms with Crippen LogP contribution in [0.3, 0.4) is 0 Å². The lowest BCUT2D eigenvalue weighted by molar-refractivity contribution is -0.870. The van der Waals surface area contributed by atoms with Gasteiger partial charge in [-0.2, -0.15) is 0 Å². The lowest BCUT2D eigenvalue weighted by atomic mass is 10.0. The summed E-state index contributed by atoms with van der Waals surface area (Å²) in [5, 5.41) is 13.9. The number of unbranched alkanes of at least 4 members (excludes halogenated alkanes) is 37. The number of likely N-dealkylation sites (N-methyl/N-ethyl adjacent to an activating group) is 1. The first-order valence-corrected chi connectivity index (χ1v) is 29.7. The number of carbonyl (C=O) groups is 1. The molecule has 9 heteroatoms. The third-order valence-corrected chi connectivity index (χ3v) is 13.9. The standard InChI is InChI=1S/C56H111N2O6P/c1-6-8-10-12-14-16-18-20-22-24-26-28-29-30-32-34-36-38-40-42-44-46-48-50-56(60)57-54(53-64-65(61,62)63-52-51-58(3,4)5)55(59)49-47-45-43-41-39-37-35-33-31-27-25-23-21-19-17-15-13-11-9-7-2/h39,41,47,49,54-55,59H,6-38,40,42-46,48,50-53H2,1-5H3,(H-,57,60,61,62)/b41-39+,49-47+. The average molecular weight is 939 g/mol. The monoisotopic (exact) mass is 939 g/mol. The molecule has 0 aliphatic carbocycles. The van der Waals surface area contributed by atoms with Crippen LogP contribution in [-0.4, -0.2) is 68.5 Å². The van der Waals surface area contributed by atoms with Crippen LogP contribution in [0.25, 0.3) is 0 Å². The minimum absolute atomic E-state index is 0.00375. The fraction of sp³-hybridized carbons (Fsp3) is 0.911. The van der Waals surface area contributed by atoms with Gasteiger partial charge in [-0.15, -0.1) is 0 Å². The van der Waals surface area contributed by atoms with E-state index in [1.165, 1.54) is 218 Å². The highest BCUT2D eigenvalue weighted by Crippen LogP contribution is 2.38. The molecule has 0 aliphatic heterocycles. The molecule has 0 radical (unpaired) electrons. The van der Waals surface area contributed by atoms with Crippen LogP contribution in [0.4, 0.5) is 0 Å². The van der Waals surface area contributed by atoms with Gasteiger partial charge in [0.2, 0.25) is 5.91 Å². The number of rotatable bonds is 52. The van der Waals surface area contributed by atoms with Crippen molar-refractivity contribution in [3.8, 4) is 0 Å². The van der Waals surface area contributed by atoms with Crippen molar-refractivity contribution in [2.75, 3.05) is 40.9 Å². The summed E-state index contributed by atoms with van der Waals surface area (Å²) in [6.07, 6.45) is 59.7. The van der Waals surface area contributed by atoms with Crippen molar-refractivity contribution in [2.45, 2.75) is 289 Å². The Morgan fingerprint density at radius 2 is 0.862 bits per heavy atom. The molecule has 8 nitrogen and oxygen atoms in total. The molecule has 0 aromatic carbocycles. The van der Waals surface area contributed by atoms with E-state index in [-0.39, 0.29) is 19.1 Å². The van der Waals surface area contributed by atoms with Crippen molar-refractivity contribution in [2.24, 2.45) is 0 Å². The highest BCUT2D eigenvalue weighted by molar-refractivity contribution is 7.45. The molecule has 0 saturated carbocycles. The van der Waals surface area contributed by atoms with E-state index >= 15 is 0 Å². The number of quaternary nitrogens is 1. The van der Waals surface area contributed by atoms with Gasteiger partial charge in [0, 0.05) is 6.42 Å². The molecule has 65 heavy (non-hydrogen) atoms. The predicted molar refractivity (Wildman–Crippen MR) is 279 cm³/mol. The third kappa shape index (κ3) is 50.7. The highest BCUT2D eigenvalue weighted by atomic mass is 31.2. The number of carbonyl (C=O) groups excluding carboxylic acids is 1. The van der Waals surface area contributed by atoms with Gasteiger partial charge in [-0.05, 0) is 32.1 Å². The molecule has 0 aliphatic rings. The number of amides is 1. The van der Waals surface area contributed by atoms with Gasteiger partial charge in [0.1, 0.15) is 13.2 Å². The fourth-order valence-corrected chi connectivity index (χ4v) is 9.19. The van der Waals surface area contributed by atoms with Gasteiger partial charge in [0.15, 0.2) is 0 Å². The van der Waals surface area contributed by atoms with Gasteiger partial charge in [-0.3, -0.25) is 9.36 Å². The normalized spacial score (nSPS) is 14.1. The van der Waals surface area contributed by atoms with E-state index in [1.807, 2.05) is 27.2 Å². The van der Waals surface area contributed by atoms with E-state index in [2.05, 4.69) is 31.3 Å². The van der Waals surface area contributed by atoms with E-state index in [1.54, 1.807) is 6.08 Å². The van der Waals surface area contributed by atoms with Crippen molar-refractivity contribution in [1.82, 2.24) is 5.32 Å². The molecule has 386 valence electrons. The first-order chi connectivity index (χ1) is 31.5. The maximum absolute atomic E-state index is 12.9. The minimum Gasteiger partial charge on any atom is -0.756 e. The minimum atomic E-state index is -4.60. The zero-order valence-corrected chi connectivity index (χ0v) is 44.9. The first-order valence-electron chi connectivity index (χ1n) is 28.2. The Morgan fingerprint density at radius 3 is 1.25 bits per heavy atom. The summed E-state index contributed by atoms with van der Waals surface area (Å²) in [5.74, 6) is -0.201. The molecule has 3 atom stereocenters. The Morgan fingerprint density at radius 1 is 0.523 bits per heavy atom. The van der Waals surface area contributed by atoms with Crippen LogP contribution in [0.5, 0.6) is 0 Å². The quantitative estimate of drug-likeness (QED) is 0.0272. The molecule has 0 saturated heterocycles. The molecule has 0 spiro atoms. The summed E-state index contributed by atoms with van der Waals surface area (Å²) in [4.78, 5) is 25.5. The Bertz CT molecular complexity index is 1110.